The third-order valence-corrected chi connectivity index (χ3v) is 6.87. The van der Waals surface area contributed by atoms with Crippen molar-refractivity contribution in [2.24, 2.45) is 11.8 Å². The standard InChI is InChI=1S/C21H23F3N4O4/c1-4-26-18(31)27-13-8-19(2)14-15(20(13,3)32-19)17(30)28(16(14)29)11-6-5-10(9-25)12(7-11)21(22,23)24/h5-7,13-15,17,30H,4,8H2,1-3H3,(H2,26,27,31)/t13-,14-,15+,17?,19-,20+/m1/s1. The number of amides is 3. The number of fused-ring (bicyclic) bond motifs is 5. The molecule has 0 aromatic heterocycles. The van der Waals surface area contributed by atoms with Gasteiger partial charge in [0.15, 0.2) is 0 Å². The van der Waals surface area contributed by atoms with E-state index in [1.807, 2.05) is 0 Å². The zero-order valence-electron chi connectivity index (χ0n) is 17.7. The van der Waals surface area contributed by atoms with Crippen molar-refractivity contribution in [2.45, 2.75) is 56.8 Å². The van der Waals surface area contributed by atoms with E-state index in [4.69, 9.17) is 10.00 Å². The molecule has 32 heavy (non-hydrogen) atoms. The maximum Gasteiger partial charge on any atom is 0.417 e. The number of anilines is 1. The highest BCUT2D eigenvalue weighted by molar-refractivity contribution is 6.00. The van der Waals surface area contributed by atoms with Crippen LogP contribution in [0.15, 0.2) is 18.2 Å². The summed E-state index contributed by atoms with van der Waals surface area (Å²) in [4.78, 5) is 26.4. The number of urea groups is 1. The second-order valence-electron chi connectivity index (χ2n) is 8.82. The van der Waals surface area contributed by atoms with E-state index in [1.165, 1.54) is 12.1 Å². The normalized spacial score (nSPS) is 35.6. The number of ether oxygens (including phenoxy) is 1. The Labute approximate surface area is 182 Å². The number of alkyl halides is 3. The van der Waals surface area contributed by atoms with Crippen molar-refractivity contribution < 1.29 is 32.6 Å². The van der Waals surface area contributed by atoms with E-state index in [0.29, 0.717) is 19.0 Å². The summed E-state index contributed by atoms with van der Waals surface area (Å²) in [5, 5.41) is 25.6. The number of nitrogens with zero attached hydrogens (tertiary/aromatic N) is 2. The highest BCUT2D eigenvalue weighted by Crippen LogP contribution is 2.62. The number of nitrogens with one attached hydrogen (secondary N) is 2. The summed E-state index contributed by atoms with van der Waals surface area (Å²) in [6.45, 7) is 5.58. The van der Waals surface area contributed by atoms with Crippen molar-refractivity contribution in [3.05, 3.63) is 29.3 Å². The summed E-state index contributed by atoms with van der Waals surface area (Å²) in [7, 11) is 0. The number of halogens is 3. The predicted octanol–water partition coefficient (Wildman–Crippen LogP) is 2.11. The third kappa shape index (κ3) is 3.04. The molecule has 0 spiro atoms. The van der Waals surface area contributed by atoms with Gasteiger partial charge in [0.1, 0.15) is 6.23 Å². The quantitative estimate of drug-likeness (QED) is 0.650. The lowest BCUT2D eigenvalue weighted by Crippen LogP contribution is -2.58. The van der Waals surface area contributed by atoms with Crippen LogP contribution in [0.4, 0.5) is 23.7 Å². The molecule has 4 rings (SSSR count). The minimum absolute atomic E-state index is 0.150. The number of aliphatic hydroxyl groups excluding tert-OH is 1. The Morgan fingerprint density at radius 2 is 2.09 bits per heavy atom. The molecule has 3 amide bonds. The maximum atomic E-state index is 13.4. The van der Waals surface area contributed by atoms with Crippen molar-refractivity contribution in [3.63, 3.8) is 0 Å². The van der Waals surface area contributed by atoms with Crippen LogP contribution in [-0.4, -0.2) is 47.1 Å². The Morgan fingerprint density at radius 1 is 1.41 bits per heavy atom. The molecule has 3 aliphatic heterocycles. The van der Waals surface area contributed by atoms with Gasteiger partial charge in [0, 0.05) is 24.6 Å². The largest absolute Gasteiger partial charge is 0.417 e. The number of rotatable bonds is 3. The molecule has 0 saturated carbocycles. The van der Waals surface area contributed by atoms with Gasteiger partial charge >= 0.3 is 12.2 Å². The Bertz CT molecular complexity index is 1030. The van der Waals surface area contributed by atoms with Gasteiger partial charge in [-0.2, -0.15) is 18.4 Å². The van der Waals surface area contributed by atoms with Gasteiger partial charge in [-0.3, -0.25) is 9.69 Å². The molecule has 3 fully saturated rings. The first-order valence-corrected chi connectivity index (χ1v) is 10.2. The molecule has 6 atom stereocenters. The molecule has 0 aliphatic carbocycles. The Balaban J connectivity index is 1.71. The van der Waals surface area contributed by atoms with Gasteiger partial charge in [0.05, 0.1) is 40.4 Å². The summed E-state index contributed by atoms with van der Waals surface area (Å²) in [6.07, 6.45) is -5.95. The fourth-order valence-corrected chi connectivity index (χ4v) is 5.61. The van der Waals surface area contributed by atoms with Crippen LogP contribution in [-0.2, 0) is 15.7 Å². The summed E-state index contributed by atoms with van der Waals surface area (Å²) < 4.78 is 46.5. The SMILES string of the molecule is CCNC(=O)N[C@@H]1C[C@@]2(C)O[C@]1(C)[C@@H]1C(O)N(c3ccc(C#N)c(C(F)(F)F)c3)C(=O)[C@@H]12. The van der Waals surface area contributed by atoms with Gasteiger partial charge in [-0.1, -0.05) is 0 Å². The summed E-state index contributed by atoms with van der Waals surface area (Å²) in [5.41, 5.74) is -4.01. The number of hydrogen-bond donors (Lipinski definition) is 3. The summed E-state index contributed by atoms with van der Waals surface area (Å²) in [5.74, 6) is -2.12. The second kappa shape index (κ2) is 7.08. The van der Waals surface area contributed by atoms with Gasteiger partial charge in [0.2, 0.25) is 5.91 Å². The van der Waals surface area contributed by atoms with Gasteiger partial charge in [0.25, 0.3) is 0 Å². The van der Waals surface area contributed by atoms with Crippen LogP contribution >= 0.6 is 0 Å². The lowest BCUT2D eigenvalue weighted by atomic mass is 9.66. The van der Waals surface area contributed by atoms with E-state index in [1.54, 1.807) is 20.8 Å². The predicted molar refractivity (Wildman–Crippen MR) is 105 cm³/mol. The van der Waals surface area contributed by atoms with Crippen LogP contribution in [0.1, 0.15) is 38.3 Å². The first-order chi connectivity index (χ1) is 14.9. The monoisotopic (exact) mass is 452 g/mol. The van der Waals surface area contributed by atoms with Crippen LogP contribution in [0.3, 0.4) is 0 Å². The molecule has 3 N–H and O–H groups in total. The topological polar surface area (TPSA) is 115 Å². The molecule has 8 nitrogen and oxygen atoms in total. The molecule has 1 aromatic rings. The highest BCUT2D eigenvalue weighted by atomic mass is 19.4. The number of benzene rings is 1. The first-order valence-electron chi connectivity index (χ1n) is 10.2. The number of aliphatic hydroxyl groups is 1. The van der Waals surface area contributed by atoms with Crippen LogP contribution in [0.2, 0.25) is 0 Å². The Hall–Kier alpha value is -2.84. The van der Waals surface area contributed by atoms with Crippen LogP contribution in [0, 0.1) is 23.2 Å². The highest BCUT2D eigenvalue weighted by Gasteiger charge is 2.75. The summed E-state index contributed by atoms with van der Waals surface area (Å²) >= 11 is 0. The number of nitriles is 1. The average molecular weight is 452 g/mol. The molecular formula is C21H23F3N4O4. The van der Waals surface area contributed by atoms with E-state index < -0.39 is 64.5 Å². The fraction of sp³-hybridized carbons (Fsp3) is 0.571. The Morgan fingerprint density at radius 3 is 2.69 bits per heavy atom. The molecule has 1 unspecified atom stereocenters. The molecule has 3 aliphatic rings. The number of carbonyl (C=O) groups excluding carboxylic acids is 2. The van der Waals surface area contributed by atoms with Gasteiger partial charge in [-0.05, 0) is 39.0 Å². The second-order valence-corrected chi connectivity index (χ2v) is 8.82. The minimum Gasteiger partial charge on any atom is -0.373 e. The van der Waals surface area contributed by atoms with E-state index in [0.717, 1.165) is 11.0 Å². The van der Waals surface area contributed by atoms with Crippen molar-refractivity contribution in [2.75, 3.05) is 11.4 Å². The molecule has 0 radical (unpaired) electrons. The maximum absolute atomic E-state index is 13.4. The number of hydrogen-bond acceptors (Lipinski definition) is 5. The molecule has 2 bridgehead atoms. The molecule has 3 saturated heterocycles. The van der Waals surface area contributed by atoms with E-state index in [9.17, 15) is 27.9 Å². The van der Waals surface area contributed by atoms with Crippen molar-refractivity contribution >= 4 is 17.6 Å². The van der Waals surface area contributed by atoms with Crippen LogP contribution in [0.5, 0.6) is 0 Å². The number of carbonyl (C=O) groups is 2. The zero-order chi connectivity index (χ0) is 23.6. The molecule has 3 heterocycles. The third-order valence-electron chi connectivity index (χ3n) is 6.87. The van der Waals surface area contributed by atoms with Crippen LogP contribution < -0.4 is 15.5 Å². The lowest BCUT2D eigenvalue weighted by molar-refractivity contribution is -0.138. The molecule has 11 heteroatoms. The van der Waals surface area contributed by atoms with Gasteiger partial charge in [-0.25, -0.2) is 4.79 Å². The first kappa shape index (κ1) is 22.4. The van der Waals surface area contributed by atoms with E-state index in [-0.39, 0.29) is 5.69 Å². The smallest absolute Gasteiger partial charge is 0.373 e. The molecular weight excluding hydrogens is 429 g/mol. The van der Waals surface area contributed by atoms with Gasteiger partial charge in [-0.15, -0.1) is 0 Å². The molecule has 1 aromatic carbocycles. The summed E-state index contributed by atoms with van der Waals surface area (Å²) in [6, 6.07) is 3.50. The fourth-order valence-electron chi connectivity index (χ4n) is 5.61. The van der Waals surface area contributed by atoms with Crippen molar-refractivity contribution in [3.8, 4) is 6.07 Å². The van der Waals surface area contributed by atoms with Crippen molar-refractivity contribution in [1.29, 1.82) is 5.26 Å². The zero-order valence-corrected chi connectivity index (χ0v) is 17.7. The van der Waals surface area contributed by atoms with Crippen molar-refractivity contribution in [1.82, 2.24) is 10.6 Å². The lowest BCUT2D eigenvalue weighted by Gasteiger charge is -2.38. The van der Waals surface area contributed by atoms with Crippen LogP contribution in [0.25, 0.3) is 0 Å². The van der Waals surface area contributed by atoms with E-state index >= 15 is 0 Å². The molecule has 172 valence electrons. The average Bonchev–Trinajstić information content (AvgIpc) is 3.21. The van der Waals surface area contributed by atoms with E-state index in [2.05, 4.69) is 10.6 Å². The van der Waals surface area contributed by atoms with Gasteiger partial charge < -0.3 is 20.5 Å². The Kier molecular flexibility index (Phi) is 4.95. The minimum atomic E-state index is -4.80.